The molecule has 0 aromatic carbocycles. The maximum atomic E-state index is 9.89. The molecule has 0 fully saturated rings. The summed E-state index contributed by atoms with van der Waals surface area (Å²) in [6.07, 6.45) is 1.21. The first-order valence-electron chi connectivity index (χ1n) is 5.43. The molecule has 84 valence electrons. The number of aliphatic hydroxyl groups is 1. The molecular weight excluding hydrogens is 176 g/mol. The van der Waals surface area contributed by atoms with Gasteiger partial charge in [-0.3, -0.25) is 0 Å². The Hall–Kier alpha value is -0.340. The first kappa shape index (κ1) is 13.7. The lowest BCUT2D eigenvalue weighted by atomic mass is 9.97. The van der Waals surface area contributed by atoms with E-state index >= 15 is 0 Å². The molecule has 2 heteroatoms. The highest BCUT2D eigenvalue weighted by Crippen LogP contribution is 2.16. The molecule has 0 aliphatic heterocycles. The second kappa shape index (κ2) is 7.02. The second-order valence-electron chi connectivity index (χ2n) is 4.23. The predicted molar refractivity (Wildman–Crippen MR) is 60.3 cm³/mol. The maximum Gasteiger partial charge on any atom is 0.0856 e. The van der Waals surface area contributed by atoms with Crippen molar-refractivity contribution in [3.63, 3.8) is 0 Å². The van der Waals surface area contributed by atoms with Crippen LogP contribution in [0.25, 0.3) is 0 Å². The van der Waals surface area contributed by atoms with Crippen LogP contribution in [-0.4, -0.2) is 23.9 Å². The molecule has 14 heavy (non-hydrogen) atoms. The van der Waals surface area contributed by atoms with Crippen molar-refractivity contribution < 1.29 is 9.84 Å². The van der Waals surface area contributed by atoms with Gasteiger partial charge < -0.3 is 9.84 Å². The molecular formula is C12H24O2. The van der Waals surface area contributed by atoms with Crippen molar-refractivity contribution in [2.24, 2.45) is 5.92 Å². The van der Waals surface area contributed by atoms with Crippen LogP contribution >= 0.6 is 0 Å². The van der Waals surface area contributed by atoms with Gasteiger partial charge in [-0.2, -0.15) is 0 Å². The van der Waals surface area contributed by atoms with Gasteiger partial charge in [0.1, 0.15) is 0 Å². The van der Waals surface area contributed by atoms with Gasteiger partial charge in [-0.1, -0.05) is 19.4 Å². The Morgan fingerprint density at radius 1 is 1.43 bits per heavy atom. The van der Waals surface area contributed by atoms with Crippen LogP contribution in [0.3, 0.4) is 0 Å². The van der Waals surface area contributed by atoms with E-state index in [9.17, 15) is 5.11 Å². The van der Waals surface area contributed by atoms with E-state index in [1.807, 2.05) is 13.8 Å². The van der Waals surface area contributed by atoms with E-state index in [1.165, 1.54) is 0 Å². The molecule has 0 rings (SSSR count). The average Bonchev–Trinajstić information content (AvgIpc) is 2.09. The molecule has 0 aromatic heterocycles. The molecule has 0 aliphatic carbocycles. The summed E-state index contributed by atoms with van der Waals surface area (Å²) in [5, 5.41) is 9.89. The molecule has 0 aliphatic rings. The summed E-state index contributed by atoms with van der Waals surface area (Å²) < 4.78 is 5.52. The van der Waals surface area contributed by atoms with E-state index in [-0.39, 0.29) is 12.2 Å². The van der Waals surface area contributed by atoms with E-state index in [0.29, 0.717) is 12.5 Å². The molecule has 0 bridgehead atoms. The lowest BCUT2D eigenvalue weighted by Gasteiger charge is -2.26. The number of allylic oxidation sites excluding steroid dienone is 1. The van der Waals surface area contributed by atoms with E-state index < -0.39 is 0 Å². The van der Waals surface area contributed by atoms with E-state index in [2.05, 4.69) is 20.4 Å². The summed E-state index contributed by atoms with van der Waals surface area (Å²) >= 11 is 0. The smallest absolute Gasteiger partial charge is 0.0856 e. The highest BCUT2D eigenvalue weighted by Gasteiger charge is 2.22. The summed E-state index contributed by atoms with van der Waals surface area (Å²) in [7, 11) is 0. The lowest BCUT2D eigenvalue weighted by molar-refractivity contribution is -0.0593. The molecule has 0 saturated heterocycles. The zero-order valence-corrected chi connectivity index (χ0v) is 9.92. The Balaban J connectivity index is 4.00. The topological polar surface area (TPSA) is 29.5 Å². The minimum atomic E-state index is -0.369. The van der Waals surface area contributed by atoms with Gasteiger partial charge in [-0.25, -0.2) is 0 Å². The van der Waals surface area contributed by atoms with Gasteiger partial charge in [-0.05, 0) is 32.6 Å². The van der Waals surface area contributed by atoms with Crippen LogP contribution < -0.4 is 0 Å². The van der Waals surface area contributed by atoms with Crippen molar-refractivity contribution in [3.05, 3.63) is 12.2 Å². The molecule has 0 heterocycles. The van der Waals surface area contributed by atoms with Crippen molar-refractivity contribution in [3.8, 4) is 0 Å². The third-order valence-electron chi connectivity index (χ3n) is 2.26. The standard InChI is InChI=1S/C12H24O2/c1-6-14-12(10(4)5)11(13)8-7-9(2)3/h10-13H,2,6-8H2,1,3-5H3. The van der Waals surface area contributed by atoms with Crippen LogP contribution in [0.15, 0.2) is 12.2 Å². The zero-order valence-electron chi connectivity index (χ0n) is 9.92. The van der Waals surface area contributed by atoms with Gasteiger partial charge in [0.05, 0.1) is 12.2 Å². The number of hydrogen-bond acceptors (Lipinski definition) is 2. The fourth-order valence-corrected chi connectivity index (χ4v) is 1.50. The van der Waals surface area contributed by atoms with E-state index in [4.69, 9.17) is 4.74 Å². The molecule has 2 atom stereocenters. The minimum absolute atomic E-state index is 0.0423. The van der Waals surface area contributed by atoms with Gasteiger partial charge in [0, 0.05) is 6.61 Å². The number of hydrogen-bond donors (Lipinski definition) is 1. The summed E-state index contributed by atoms with van der Waals surface area (Å²) in [6, 6.07) is 0. The maximum absolute atomic E-state index is 9.89. The van der Waals surface area contributed by atoms with Gasteiger partial charge in [0.15, 0.2) is 0 Å². The zero-order chi connectivity index (χ0) is 11.1. The van der Waals surface area contributed by atoms with Gasteiger partial charge in [0.2, 0.25) is 0 Å². The molecule has 1 N–H and O–H groups in total. The summed E-state index contributed by atoms with van der Waals surface area (Å²) in [6.45, 7) is 12.6. The monoisotopic (exact) mass is 200 g/mol. The van der Waals surface area contributed by atoms with Crippen molar-refractivity contribution >= 4 is 0 Å². The van der Waals surface area contributed by atoms with Crippen LogP contribution in [0.5, 0.6) is 0 Å². The average molecular weight is 200 g/mol. The highest BCUT2D eigenvalue weighted by atomic mass is 16.5. The summed E-state index contributed by atoms with van der Waals surface area (Å²) in [5.41, 5.74) is 1.11. The summed E-state index contributed by atoms with van der Waals surface area (Å²) in [4.78, 5) is 0. The lowest BCUT2D eigenvalue weighted by Crippen LogP contribution is -2.33. The van der Waals surface area contributed by atoms with Crippen molar-refractivity contribution in [1.29, 1.82) is 0 Å². The third-order valence-corrected chi connectivity index (χ3v) is 2.26. The van der Waals surface area contributed by atoms with Crippen LogP contribution in [0, 0.1) is 5.92 Å². The van der Waals surface area contributed by atoms with Gasteiger partial charge in [-0.15, -0.1) is 6.58 Å². The van der Waals surface area contributed by atoms with Crippen molar-refractivity contribution in [2.75, 3.05) is 6.61 Å². The first-order valence-corrected chi connectivity index (χ1v) is 5.43. The van der Waals surface area contributed by atoms with E-state index in [0.717, 1.165) is 18.4 Å². The SMILES string of the molecule is C=C(C)CCC(O)C(OCC)C(C)C. The fraction of sp³-hybridized carbons (Fsp3) is 0.833. The Kier molecular flexibility index (Phi) is 6.85. The molecule has 0 radical (unpaired) electrons. The molecule has 0 amide bonds. The van der Waals surface area contributed by atoms with Crippen LogP contribution in [-0.2, 0) is 4.74 Å². The van der Waals surface area contributed by atoms with Crippen molar-refractivity contribution in [2.45, 2.75) is 52.7 Å². The number of ether oxygens (including phenoxy) is 1. The number of aliphatic hydroxyl groups excluding tert-OH is 1. The Morgan fingerprint density at radius 2 is 2.00 bits per heavy atom. The van der Waals surface area contributed by atoms with Gasteiger partial charge in [0.25, 0.3) is 0 Å². The fourth-order valence-electron chi connectivity index (χ4n) is 1.50. The Bertz CT molecular complexity index is 164. The van der Waals surface area contributed by atoms with Crippen LogP contribution in [0.2, 0.25) is 0 Å². The highest BCUT2D eigenvalue weighted by molar-refractivity contribution is 4.89. The molecule has 2 nitrogen and oxygen atoms in total. The largest absolute Gasteiger partial charge is 0.390 e. The second-order valence-corrected chi connectivity index (χ2v) is 4.23. The van der Waals surface area contributed by atoms with Crippen LogP contribution in [0.4, 0.5) is 0 Å². The number of rotatable bonds is 7. The third kappa shape index (κ3) is 5.40. The Labute approximate surface area is 88.0 Å². The first-order chi connectivity index (χ1) is 6.49. The Morgan fingerprint density at radius 3 is 2.36 bits per heavy atom. The minimum Gasteiger partial charge on any atom is -0.390 e. The predicted octanol–water partition coefficient (Wildman–Crippen LogP) is 2.76. The molecule has 2 unspecified atom stereocenters. The molecule has 0 saturated carbocycles. The summed E-state index contributed by atoms with van der Waals surface area (Å²) in [5.74, 6) is 0.357. The van der Waals surface area contributed by atoms with Gasteiger partial charge >= 0.3 is 0 Å². The quantitative estimate of drug-likeness (QED) is 0.640. The normalized spacial score (nSPS) is 15.6. The van der Waals surface area contributed by atoms with E-state index in [1.54, 1.807) is 0 Å². The molecule has 0 spiro atoms. The molecule has 0 aromatic rings. The van der Waals surface area contributed by atoms with Crippen LogP contribution in [0.1, 0.15) is 40.5 Å². The van der Waals surface area contributed by atoms with Crippen molar-refractivity contribution in [1.82, 2.24) is 0 Å².